The molecule has 172 valence electrons. The third-order valence-electron chi connectivity index (χ3n) is 7.22. The minimum Gasteiger partial charge on any atom is -0.495 e. The zero-order valence-electron chi connectivity index (χ0n) is 19.3. The van der Waals surface area contributed by atoms with Gasteiger partial charge in [0.05, 0.1) is 12.8 Å². The first-order valence-corrected chi connectivity index (χ1v) is 11.9. The van der Waals surface area contributed by atoms with Gasteiger partial charge >= 0.3 is 6.03 Å². The Morgan fingerprint density at radius 1 is 1.16 bits per heavy atom. The lowest BCUT2D eigenvalue weighted by atomic mass is 9.75. The maximum atomic E-state index is 11.9. The van der Waals surface area contributed by atoms with Crippen LogP contribution in [-0.2, 0) is 0 Å². The number of amides is 2. The van der Waals surface area contributed by atoms with E-state index < -0.39 is 0 Å². The molecule has 31 heavy (non-hydrogen) atoms. The molecular weight excluding hydrogens is 390 g/mol. The van der Waals surface area contributed by atoms with Crippen LogP contribution in [0.1, 0.15) is 26.7 Å². The van der Waals surface area contributed by atoms with Crippen LogP contribution >= 0.6 is 0 Å². The number of urea groups is 1. The Kier molecular flexibility index (Phi) is 7.23. The largest absolute Gasteiger partial charge is 0.495 e. The number of hydrogen-bond acceptors (Lipinski definition) is 5. The summed E-state index contributed by atoms with van der Waals surface area (Å²) in [6.07, 6.45) is 2.52. The predicted octanol–water partition coefficient (Wildman–Crippen LogP) is 2.24. The van der Waals surface area contributed by atoms with E-state index >= 15 is 0 Å². The lowest BCUT2D eigenvalue weighted by molar-refractivity contribution is -0.0115. The zero-order chi connectivity index (χ0) is 21.8. The Balaban J connectivity index is 1.23. The van der Waals surface area contributed by atoms with Gasteiger partial charge in [-0.2, -0.15) is 0 Å². The van der Waals surface area contributed by atoms with E-state index in [4.69, 9.17) is 4.74 Å². The highest BCUT2D eigenvalue weighted by Crippen LogP contribution is 2.37. The summed E-state index contributed by atoms with van der Waals surface area (Å²) in [4.78, 5) is 19.7. The second-order valence-electron chi connectivity index (χ2n) is 9.66. The number of anilines is 1. The lowest BCUT2D eigenvalue weighted by Gasteiger charge is -2.51. The van der Waals surface area contributed by atoms with Gasteiger partial charge in [-0.25, -0.2) is 4.79 Å². The molecule has 1 unspecified atom stereocenters. The molecule has 0 spiro atoms. The lowest BCUT2D eigenvalue weighted by Crippen LogP contribution is -2.59. The number of nitrogens with one attached hydrogen (secondary N) is 2. The van der Waals surface area contributed by atoms with Crippen molar-refractivity contribution >= 4 is 11.7 Å². The van der Waals surface area contributed by atoms with Gasteiger partial charge in [0.1, 0.15) is 5.75 Å². The first-order chi connectivity index (χ1) is 15.0. The number of hydrogen-bond donors (Lipinski definition) is 2. The fraction of sp³-hybridized carbons (Fsp3) is 0.708. The molecule has 4 atom stereocenters. The van der Waals surface area contributed by atoms with Crippen molar-refractivity contribution in [3.8, 4) is 5.75 Å². The number of piperidine rings is 3. The Bertz CT molecular complexity index is 734. The van der Waals surface area contributed by atoms with Crippen LogP contribution in [-0.4, -0.2) is 87.4 Å². The number of benzene rings is 1. The van der Waals surface area contributed by atoms with E-state index in [-0.39, 0.29) is 12.1 Å². The number of carbonyl (C=O) groups is 1. The van der Waals surface area contributed by atoms with Crippen molar-refractivity contribution in [1.82, 2.24) is 20.4 Å². The second-order valence-corrected chi connectivity index (χ2v) is 9.66. The number of methoxy groups -OCH3 is 1. The van der Waals surface area contributed by atoms with Crippen molar-refractivity contribution in [2.75, 3.05) is 64.4 Å². The van der Waals surface area contributed by atoms with Gasteiger partial charge in [-0.1, -0.05) is 12.1 Å². The summed E-state index contributed by atoms with van der Waals surface area (Å²) < 4.78 is 5.55. The number of ether oxygens (including phenoxy) is 1. The fourth-order valence-corrected chi connectivity index (χ4v) is 5.59. The van der Waals surface area contributed by atoms with E-state index in [1.807, 2.05) is 26.0 Å². The van der Waals surface area contributed by atoms with Gasteiger partial charge in [0.15, 0.2) is 0 Å². The van der Waals surface area contributed by atoms with Crippen molar-refractivity contribution in [1.29, 1.82) is 0 Å². The van der Waals surface area contributed by atoms with E-state index in [1.54, 1.807) is 7.11 Å². The second kappa shape index (κ2) is 10.1. The van der Waals surface area contributed by atoms with E-state index in [0.717, 1.165) is 50.3 Å². The minimum atomic E-state index is -0.0397. The number of para-hydroxylation sites is 2. The number of carbonyl (C=O) groups excluding carboxylic acids is 1. The first kappa shape index (κ1) is 22.2. The van der Waals surface area contributed by atoms with Gasteiger partial charge in [0.25, 0.3) is 0 Å². The molecule has 5 rings (SSSR count). The Labute approximate surface area is 187 Å². The van der Waals surface area contributed by atoms with E-state index in [2.05, 4.69) is 37.5 Å². The highest BCUT2D eigenvalue weighted by Gasteiger charge is 2.40. The van der Waals surface area contributed by atoms with Gasteiger partial charge in [-0.05, 0) is 57.2 Å². The maximum absolute atomic E-state index is 11.9. The molecule has 4 aliphatic rings. The van der Waals surface area contributed by atoms with Crippen LogP contribution in [0.3, 0.4) is 0 Å². The van der Waals surface area contributed by atoms with Crippen molar-refractivity contribution < 1.29 is 9.53 Å². The molecule has 2 amide bonds. The summed E-state index contributed by atoms with van der Waals surface area (Å²) in [6, 6.07) is 8.97. The average molecular weight is 430 g/mol. The molecule has 4 saturated heterocycles. The molecule has 0 aliphatic carbocycles. The summed E-state index contributed by atoms with van der Waals surface area (Å²) in [5.74, 6) is 2.51. The van der Waals surface area contributed by atoms with Gasteiger partial charge in [-0.15, -0.1) is 0 Å². The molecule has 4 heterocycles. The van der Waals surface area contributed by atoms with E-state index in [1.165, 1.54) is 38.2 Å². The van der Waals surface area contributed by atoms with Crippen molar-refractivity contribution in [2.45, 2.75) is 38.8 Å². The third-order valence-corrected chi connectivity index (χ3v) is 7.22. The molecule has 4 aliphatic heterocycles. The molecular formula is C24H39N5O2. The SMILES string of the molecule is COc1ccccc1N1CCN(C[C@H]2CN3CC[C@@H]2C[C@@H]3CNC(=O)NC(C)C)CC1. The Morgan fingerprint density at radius 2 is 1.94 bits per heavy atom. The molecule has 0 saturated carbocycles. The zero-order valence-corrected chi connectivity index (χ0v) is 19.3. The standard InChI is InChI=1S/C24H39N5O2/c1-18(2)26-24(30)25-15-21-14-19-8-9-29(21)17-20(19)16-27-10-12-28(13-11-27)22-6-4-5-7-23(22)31-3/h4-7,18-21H,8-17H2,1-3H3,(H2,25,26,30)/t19-,20+,21-/m1/s1. The molecule has 2 N–H and O–H groups in total. The quantitative estimate of drug-likeness (QED) is 0.696. The van der Waals surface area contributed by atoms with Crippen molar-refractivity contribution in [3.63, 3.8) is 0 Å². The maximum Gasteiger partial charge on any atom is 0.315 e. The van der Waals surface area contributed by atoms with E-state index in [0.29, 0.717) is 6.04 Å². The highest BCUT2D eigenvalue weighted by atomic mass is 16.5. The molecule has 4 fully saturated rings. The molecule has 1 aromatic carbocycles. The first-order valence-electron chi connectivity index (χ1n) is 11.9. The van der Waals surface area contributed by atoms with Crippen LogP contribution in [0.4, 0.5) is 10.5 Å². The average Bonchev–Trinajstić information content (AvgIpc) is 2.78. The van der Waals surface area contributed by atoms with Gasteiger partial charge in [0.2, 0.25) is 0 Å². The number of fused-ring (bicyclic) bond motifs is 3. The molecule has 0 radical (unpaired) electrons. The fourth-order valence-electron chi connectivity index (χ4n) is 5.59. The highest BCUT2D eigenvalue weighted by molar-refractivity contribution is 5.74. The van der Waals surface area contributed by atoms with E-state index in [9.17, 15) is 4.79 Å². The minimum absolute atomic E-state index is 0.0397. The van der Waals surface area contributed by atoms with Crippen LogP contribution in [0.15, 0.2) is 24.3 Å². The summed E-state index contributed by atoms with van der Waals surface area (Å²) in [5, 5.41) is 6.00. The van der Waals surface area contributed by atoms with Crippen LogP contribution in [0, 0.1) is 11.8 Å². The summed E-state index contributed by atoms with van der Waals surface area (Å²) in [6.45, 7) is 12.6. The van der Waals surface area contributed by atoms with Gasteiger partial charge < -0.3 is 20.3 Å². The number of piperazine rings is 1. The van der Waals surface area contributed by atoms with Crippen LogP contribution in [0.25, 0.3) is 0 Å². The molecule has 1 aromatic rings. The summed E-state index contributed by atoms with van der Waals surface area (Å²) in [5.41, 5.74) is 1.21. The molecule has 0 aromatic heterocycles. The van der Waals surface area contributed by atoms with Crippen molar-refractivity contribution in [2.24, 2.45) is 11.8 Å². The number of rotatable bonds is 7. The summed E-state index contributed by atoms with van der Waals surface area (Å²) >= 11 is 0. The Hall–Kier alpha value is -1.99. The van der Waals surface area contributed by atoms with Gasteiger partial charge in [0, 0.05) is 57.9 Å². The number of nitrogens with zero attached hydrogens (tertiary/aromatic N) is 3. The predicted molar refractivity (Wildman–Crippen MR) is 125 cm³/mol. The normalized spacial score (nSPS) is 28.6. The molecule has 2 bridgehead atoms. The van der Waals surface area contributed by atoms with Crippen LogP contribution in [0.2, 0.25) is 0 Å². The van der Waals surface area contributed by atoms with Gasteiger partial charge in [-0.3, -0.25) is 9.80 Å². The molecule has 7 heteroatoms. The van der Waals surface area contributed by atoms with Crippen LogP contribution < -0.4 is 20.3 Å². The van der Waals surface area contributed by atoms with Crippen molar-refractivity contribution in [3.05, 3.63) is 24.3 Å². The Morgan fingerprint density at radius 3 is 2.61 bits per heavy atom. The topological polar surface area (TPSA) is 60.1 Å². The summed E-state index contributed by atoms with van der Waals surface area (Å²) in [7, 11) is 1.75. The van der Waals surface area contributed by atoms with Crippen LogP contribution in [0.5, 0.6) is 5.75 Å². The molecule has 7 nitrogen and oxygen atoms in total. The third kappa shape index (κ3) is 5.44. The smallest absolute Gasteiger partial charge is 0.315 e. The monoisotopic (exact) mass is 429 g/mol.